The van der Waals surface area contributed by atoms with Crippen LogP contribution in [0, 0.1) is 0 Å². The Morgan fingerprint density at radius 2 is 2.26 bits per heavy atom. The fourth-order valence-electron chi connectivity index (χ4n) is 2.23. The van der Waals surface area contributed by atoms with E-state index in [9.17, 15) is 9.59 Å². The lowest BCUT2D eigenvalue weighted by Gasteiger charge is -2.37. The molecular weight excluding hydrogens is 248 g/mol. The molecule has 1 aromatic heterocycles. The Hall–Kier alpha value is -1.73. The molecule has 0 aliphatic carbocycles. The summed E-state index contributed by atoms with van der Waals surface area (Å²) in [7, 11) is 4.10. The second-order valence-corrected chi connectivity index (χ2v) is 4.98. The van der Waals surface area contributed by atoms with Crippen molar-refractivity contribution >= 4 is 5.97 Å². The third-order valence-corrected chi connectivity index (χ3v) is 3.49. The van der Waals surface area contributed by atoms with Gasteiger partial charge in [-0.2, -0.15) is 0 Å². The summed E-state index contributed by atoms with van der Waals surface area (Å²) < 4.78 is 0. The van der Waals surface area contributed by atoms with E-state index in [1.54, 1.807) is 0 Å². The number of nitrogens with one attached hydrogen (secondary N) is 1. The van der Waals surface area contributed by atoms with Crippen molar-refractivity contribution in [3.05, 3.63) is 27.9 Å². The number of H-pyrrole nitrogens is 1. The molecule has 1 aliphatic heterocycles. The summed E-state index contributed by atoms with van der Waals surface area (Å²) in [4.78, 5) is 33.3. The molecular formula is C12H18N4O3. The van der Waals surface area contributed by atoms with Crippen LogP contribution in [0.15, 0.2) is 11.0 Å². The number of hydrogen-bond acceptors (Lipinski definition) is 5. The van der Waals surface area contributed by atoms with Gasteiger partial charge in [-0.15, -0.1) is 0 Å². The quantitative estimate of drug-likeness (QED) is 0.748. The Morgan fingerprint density at radius 3 is 2.89 bits per heavy atom. The first kappa shape index (κ1) is 13.7. The van der Waals surface area contributed by atoms with E-state index in [2.05, 4.69) is 26.8 Å². The van der Waals surface area contributed by atoms with E-state index in [-0.39, 0.29) is 11.6 Å². The van der Waals surface area contributed by atoms with Crippen molar-refractivity contribution in [2.75, 3.05) is 33.7 Å². The monoisotopic (exact) mass is 266 g/mol. The molecule has 2 N–H and O–H groups in total. The molecule has 2 heterocycles. The summed E-state index contributed by atoms with van der Waals surface area (Å²) in [6, 6.07) is 0.276. The topological polar surface area (TPSA) is 89.5 Å². The average molecular weight is 266 g/mol. The van der Waals surface area contributed by atoms with Gasteiger partial charge < -0.3 is 19.9 Å². The summed E-state index contributed by atoms with van der Waals surface area (Å²) in [5, 5.41) is 8.78. The van der Waals surface area contributed by atoms with Crippen LogP contribution in [-0.2, 0) is 6.42 Å². The lowest BCUT2D eigenvalue weighted by Crippen LogP contribution is -2.51. The SMILES string of the molecule is CN1CCN(C)C(Cc2ncc(C(=O)O)c(=O)[nH]2)C1. The third-order valence-electron chi connectivity index (χ3n) is 3.49. The van der Waals surface area contributed by atoms with E-state index in [0.717, 1.165) is 25.8 Å². The fourth-order valence-corrected chi connectivity index (χ4v) is 2.23. The minimum Gasteiger partial charge on any atom is -0.477 e. The minimum atomic E-state index is -1.25. The number of hydrogen-bond donors (Lipinski definition) is 2. The van der Waals surface area contributed by atoms with Crippen LogP contribution in [0.4, 0.5) is 0 Å². The molecule has 1 saturated heterocycles. The van der Waals surface area contributed by atoms with Crippen molar-refractivity contribution in [2.24, 2.45) is 0 Å². The maximum absolute atomic E-state index is 11.6. The van der Waals surface area contributed by atoms with Gasteiger partial charge in [-0.05, 0) is 14.1 Å². The van der Waals surface area contributed by atoms with Crippen molar-refractivity contribution < 1.29 is 9.90 Å². The zero-order chi connectivity index (χ0) is 14.0. The van der Waals surface area contributed by atoms with Crippen LogP contribution in [0.25, 0.3) is 0 Å². The summed E-state index contributed by atoms with van der Waals surface area (Å²) in [6.07, 6.45) is 1.74. The summed E-state index contributed by atoms with van der Waals surface area (Å²) in [5.74, 6) is -0.725. The Balaban J connectivity index is 2.13. The molecule has 1 fully saturated rings. The first-order chi connectivity index (χ1) is 8.97. The number of aromatic carboxylic acids is 1. The maximum Gasteiger partial charge on any atom is 0.342 e. The molecule has 19 heavy (non-hydrogen) atoms. The molecule has 1 atom stereocenters. The Labute approximate surface area is 110 Å². The highest BCUT2D eigenvalue weighted by Gasteiger charge is 2.23. The highest BCUT2D eigenvalue weighted by atomic mass is 16.4. The van der Waals surface area contributed by atoms with Crippen LogP contribution in [0.3, 0.4) is 0 Å². The number of likely N-dealkylation sites (N-methyl/N-ethyl adjacent to an activating group) is 2. The van der Waals surface area contributed by atoms with Crippen LogP contribution in [0.2, 0.25) is 0 Å². The maximum atomic E-state index is 11.6. The Bertz CT molecular complexity index is 528. The van der Waals surface area contributed by atoms with Crippen LogP contribution in [-0.4, -0.2) is 70.6 Å². The van der Waals surface area contributed by atoms with Gasteiger partial charge in [-0.3, -0.25) is 4.79 Å². The standard InChI is InChI=1S/C12H18N4O3/c1-15-3-4-16(2)8(7-15)5-10-13-6-9(12(18)19)11(17)14-10/h6,8H,3-5,7H2,1-2H3,(H,18,19)(H,13,14,17). The largest absolute Gasteiger partial charge is 0.477 e. The lowest BCUT2D eigenvalue weighted by atomic mass is 10.1. The van der Waals surface area contributed by atoms with Gasteiger partial charge in [0.05, 0.1) is 0 Å². The first-order valence-electron chi connectivity index (χ1n) is 6.17. The second-order valence-electron chi connectivity index (χ2n) is 4.98. The second kappa shape index (κ2) is 5.50. The normalized spacial score (nSPS) is 21.5. The van der Waals surface area contributed by atoms with Gasteiger partial charge in [0, 0.05) is 38.3 Å². The minimum absolute atomic E-state index is 0.276. The van der Waals surface area contributed by atoms with E-state index in [4.69, 9.17) is 5.11 Å². The molecule has 0 radical (unpaired) electrons. The Morgan fingerprint density at radius 1 is 1.53 bits per heavy atom. The highest BCUT2D eigenvalue weighted by molar-refractivity contribution is 5.86. The van der Waals surface area contributed by atoms with Gasteiger partial charge >= 0.3 is 5.97 Å². The van der Waals surface area contributed by atoms with Gasteiger partial charge in [-0.1, -0.05) is 0 Å². The fraction of sp³-hybridized carbons (Fsp3) is 0.583. The van der Waals surface area contributed by atoms with Crippen molar-refractivity contribution in [3.8, 4) is 0 Å². The van der Waals surface area contributed by atoms with Gasteiger partial charge in [-0.25, -0.2) is 9.78 Å². The summed E-state index contributed by atoms with van der Waals surface area (Å²) >= 11 is 0. The molecule has 0 aromatic carbocycles. The number of aromatic amines is 1. The molecule has 1 aromatic rings. The molecule has 0 bridgehead atoms. The average Bonchev–Trinajstić information content (AvgIpc) is 2.33. The zero-order valence-electron chi connectivity index (χ0n) is 11.1. The van der Waals surface area contributed by atoms with E-state index < -0.39 is 11.5 Å². The number of piperazine rings is 1. The van der Waals surface area contributed by atoms with E-state index in [1.165, 1.54) is 0 Å². The molecule has 2 rings (SSSR count). The molecule has 0 saturated carbocycles. The van der Waals surface area contributed by atoms with Crippen LogP contribution in [0.5, 0.6) is 0 Å². The predicted molar refractivity (Wildman–Crippen MR) is 69.4 cm³/mol. The van der Waals surface area contributed by atoms with Crippen LogP contribution < -0.4 is 5.56 Å². The molecule has 0 amide bonds. The van der Waals surface area contributed by atoms with Crippen LogP contribution in [0.1, 0.15) is 16.2 Å². The van der Waals surface area contributed by atoms with Crippen molar-refractivity contribution in [1.82, 2.24) is 19.8 Å². The predicted octanol–water partition coefficient (Wildman–Crippen LogP) is -0.744. The molecule has 7 heteroatoms. The van der Waals surface area contributed by atoms with Crippen LogP contribution >= 0.6 is 0 Å². The van der Waals surface area contributed by atoms with Crippen molar-refractivity contribution in [1.29, 1.82) is 0 Å². The lowest BCUT2D eigenvalue weighted by molar-refractivity contribution is 0.0694. The number of carbonyl (C=O) groups is 1. The van der Waals surface area contributed by atoms with Crippen molar-refractivity contribution in [3.63, 3.8) is 0 Å². The highest BCUT2D eigenvalue weighted by Crippen LogP contribution is 2.09. The third kappa shape index (κ3) is 3.18. The smallest absolute Gasteiger partial charge is 0.342 e. The van der Waals surface area contributed by atoms with Gasteiger partial charge in [0.1, 0.15) is 11.4 Å². The molecule has 0 spiro atoms. The zero-order valence-corrected chi connectivity index (χ0v) is 11.1. The van der Waals surface area contributed by atoms with E-state index in [0.29, 0.717) is 12.2 Å². The Kier molecular flexibility index (Phi) is 3.96. The first-order valence-corrected chi connectivity index (χ1v) is 6.17. The summed E-state index contributed by atoms with van der Waals surface area (Å²) in [5.41, 5.74) is -0.915. The summed E-state index contributed by atoms with van der Waals surface area (Å²) in [6.45, 7) is 2.90. The van der Waals surface area contributed by atoms with E-state index in [1.807, 2.05) is 7.05 Å². The number of nitrogens with zero attached hydrogens (tertiary/aromatic N) is 3. The molecule has 1 aliphatic rings. The van der Waals surface area contributed by atoms with Gasteiger partial charge in [0.25, 0.3) is 5.56 Å². The van der Waals surface area contributed by atoms with Gasteiger partial charge in [0.2, 0.25) is 0 Å². The number of carboxylic acid groups (broad SMARTS) is 1. The molecule has 7 nitrogen and oxygen atoms in total. The van der Waals surface area contributed by atoms with E-state index >= 15 is 0 Å². The van der Waals surface area contributed by atoms with Gasteiger partial charge in [0.15, 0.2) is 0 Å². The molecule has 1 unspecified atom stereocenters. The molecule has 104 valence electrons. The number of rotatable bonds is 3. The van der Waals surface area contributed by atoms with Crippen molar-refractivity contribution in [2.45, 2.75) is 12.5 Å². The number of carboxylic acids is 1. The number of aromatic nitrogens is 2.